The van der Waals surface area contributed by atoms with Gasteiger partial charge in [0.05, 0.1) is 0 Å². The summed E-state index contributed by atoms with van der Waals surface area (Å²) in [5, 5.41) is 9.14. The minimum atomic E-state index is -0.778. The summed E-state index contributed by atoms with van der Waals surface area (Å²) in [4.78, 5) is 13.1. The maximum absolute atomic E-state index is 11.1. The molecule has 2 aliphatic heterocycles. The first-order valence-electron chi connectivity index (χ1n) is 7.51. The monoisotopic (exact) mass is 287 g/mol. The quantitative estimate of drug-likeness (QED) is 0.928. The number of hydrogen-bond donors (Lipinski definition) is 1. The van der Waals surface area contributed by atoms with E-state index in [-0.39, 0.29) is 5.60 Å². The van der Waals surface area contributed by atoms with Crippen LogP contribution in [0.4, 0.5) is 0 Å². The van der Waals surface area contributed by atoms with Crippen LogP contribution in [-0.4, -0.2) is 40.7 Å². The molecule has 4 nitrogen and oxygen atoms in total. The Labute approximate surface area is 125 Å². The lowest BCUT2D eigenvalue weighted by Crippen LogP contribution is -2.43. The zero-order valence-electron chi connectivity index (χ0n) is 12.5. The summed E-state index contributed by atoms with van der Waals surface area (Å²) in [7, 11) is 0. The highest BCUT2D eigenvalue weighted by Gasteiger charge is 2.42. The van der Waals surface area contributed by atoms with E-state index in [9.17, 15) is 4.79 Å². The van der Waals surface area contributed by atoms with Gasteiger partial charge < -0.3 is 9.84 Å². The fourth-order valence-electron chi connectivity index (χ4n) is 3.08. The van der Waals surface area contributed by atoms with Crippen LogP contribution in [0.3, 0.4) is 0 Å². The molecule has 1 aromatic rings. The number of carboxylic acids is 1. The van der Waals surface area contributed by atoms with Crippen LogP contribution in [0.25, 0.3) is 6.08 Å². The SMILES string of the molecule is CCc1ccc2c(c1)C=CC1(CCN(C(C)C(=O)O)C1)O2. The normalized spacial score (nSPS) is 25.6. The predicted molar refractivity (Wildman–Crippen MR) is 81.5 cm³/mol. The maximum Gasteiger partial charge on any atom is 0.320 e. The van der Waals surface area contributed by atoms with E-state index in [4.69, 9.17) is 9.84 Å². The Morgan fingerprint density at radius 2 is 2.33 bits per heavy atom. The van der Waals surface area contributed by atoms with Crippen LogP contribution < -0.4 is 4.74 Å². The average Bonchev–Trinajstić information content (AvgIpc) is 2.89. The van der Waals surface area contributed by atoms with Crippen LogP contribution >= 0.6 is 0 Å². The molecule has 1 saturated heterocycles. The number of hydrogen-bond acceptors (Lipinski definition) is 3. The van der Waals surface area contributed by atoms with E-state index in [2.05, 4.69) is 31.2 Å². The molecule has 0 bridgehead atoms. The summed E-state index contributed by atoms with van der Waals surface area (Å²) in [5.74, 6) is 0.124. The Kier molecular flexibility index (Phi) is 3.49. The van der Waals surface area contributed by atoms with Gasteiger partial charge in [-0.05, 0) is 37.1 Å². The molecule has 4 heteroatoms. The number of nitrogens with zero attached hydrogens (tertiary/aromatic N) is 1. The molecule has 3 rings (SSSR count). The fraction of sp³-hybridized carbons (Fsp3) is 0.471. The van der Waals surface area contributed by atoms with E-state index in [1.807, 2.05) is 11.0 Å². The van der Waals surface area contributed by atoms with Gasteiger partial charge >= 0.3 is 5.97 Å². The molecular formula is C17H21NO3. The van der Waals surface area contributed by atoms with E-state index in [1.165, 1.54) is 5.56 Å². The van der Waals surface area contributed by atoms with Gasteiger partial charge in [0.15, 0.2) is 0 Å². The first kappa shape index (κ1) is 14.1. The molecule has 21 heavy (non-hydrogen) atoms. The van der Waals surface area contributed by atoms with Crippen molar-refractivity contribution in [3.63, 3.8) is 0 Å². The number of carbonyl (C=O) groups is 1. The third-order valence-electron chi connectivity index (χ3n) is 4.56. The maximum atomic E-state index is 11.1. The van der Waals surface area contributed by atoms with E-state index < -0.39 is 12.0 Å². The summed E-state index contributed by atoms with van der Waals surface area (Å²) in [6, 6.07) is 5.82. The van der Waals surface area contributed by atoms with Crippen LogP contribution in [0.15, 0.2) is 24.3 Å². The zero-order valence-corrected chi connectivity index (χ0v) is 12.5. The molecular weight excluding hydrogens is 266 g/mol. The standard InChI is InChI=1S/C17H21NO3/c1-3-13-4-5-15-14(10-13)6-7-17(21-15)8-9-18(11-17)12(2)16(19)20/h4-7,10,12H,3,8-9,11H2,1-2H3,(H,19,20). The second kappa shape index (κ2) is 5.19. The smallest absolute Gasteiger partial charge is 0.320 e. The molecule has 1 N–H and O–H groups in total. The number of benzene rings is 1. The zero-order chi connectivity index (χ0) is 15.0. The molecule has 112 valence electrons. The molecule has 2 unspecified atom stereocenters. The molecule has 2 atom stereocenters. The van der Waals surface area contributed by atoms with Crippen molar-refractivity contribution in [2.45, 2.75) is 38.3 Å². The molecule has 1 spiro atoms. The molecule has 0 aromatic heterocycles. The second-order valence-electron chi connectivity index (χ2n) is 5.96. The van der Waals surface area contributed by atoms with Gasteiger partial charge in [-0.2, -0.15) is 0 Å². The van der Waals surface area contributed by atoms with Gasteiger partial charge in [0.1, 0.15) is 17.4 Å². The molecule has 2 aliphatic rings. The van der Waals surface area contributed by atoms with Crippen molar-refractivity contribution in [3.05, 3.63) is 35.4 Å². The molecule has 1 aromatic carbocycles. The summed E-state index contributed by atoms with van der Waals surface area (Å²) in [6.45, 7) is 5.25. The minimum absolute atomic E-state index is 0.371. The molecule has 0 saturated carbocycles. The number of likely N-dealkylation sites (tertiary alicyclic amines) is 1. The largest absolute Gasteiger partial charge is 0.481 e. The van der Waals surface area contributed by atoms with Gasteiger partial charge in [-0.15, -0.1) is 0 Å². The molecule has 2 heterocycles. The van der Waals surface area contributed by atoms with Crippen LogP contribution in [0.5, 0.6) is 5.75 Å². The van der Waals surface area contributed by atoms with Crippen molar-refractivity contribution in [3.8, 4) is 5.75 Å². The fourth-order valence-corrected chi connectivity index (χ4v) is 3.08. The van der Waals surface area contributed by atoms with Gasteiger partial charge in [0.2, 0.25) is 0 Å². The van der Waals surface area contributed by atoms with Crippen molar-refractivity contribution in [1.29, 1.82) is 0 Å². The van der Waals surface area contributed by atoms with Crippen molar-refractivity contribution in [2.75, 3.05) is 13.1 Å². The first-order chi connectivity index (χ1) is 10.0. The number of carboxylic acid groups (broad SMARTS) is 1. The topological polar surface area (TPSA) is 49.8 Å². The Balaban J connectivity index is 1.80. The molecule has 0 radical (unpaired) electrons. The van der Waals surface area contributed by atoms with Gasteiger partial charge in [0, 0.05) is 25.1 Å². The molecule has 0 amide bonds. The van der Waals surface area contributed by atoms with Crippen molar-refractivity contribution in [2.24, 2.45) is 0 Å². The van der Waals surface area contributed by atoms with Gasteiger partial charge in [-0.1, -0.05) is 19.1 Å². The summed E-state index contributed by atoms with van der Waals surface area (Å²) in [5.41, 5.74) is 2.04. The minimum Gasteiger partial charge on any atom is -0.481 e. The average molecular weight is 287 g/mol. The van der Waals surface area contributed by atoms with Crippen molar-refractivity contribution >= 4 is 12.0 Å². The van der Waals surface area contributed by atoms with Crippen molar-refractivity contribution < 1.29 is 14.6 Å². The lowest BCUT2D eigenvalue weighted by Gasteiger charge is -2.32. The van der Waals surface area contributed by atoms with Gasteiger partial charge in [-0.25, -0.2) is 0 Å². The predicted octanol–water partition coefficient (Wildman–Crippen LogP) is 2.57. The highest BCUT2D eigenvalue weighted by Crippen LogP contribution is 2.37. The number of ether oxygens (including phenoxy) is 1. The number of rotatable bonds is 3. The van der Waals surface area contributed by atoms with Gasteiger partial charge in [0.25, 0.3) is 0 Å². The Morgan fingerprint density at radius 3 is 3.05 bits per heavy atom. The number of aliphatic carboxylic acids is 1. The number of fused-ring (bicyclic) bond motifs is 1. The van der Waals surface area contributed by atoms with Crippen LogP contribution in [0.1, 0.15) is 31.4 Å². The third-order valence-corrected chi connectivity index (χ3v) is 4.56. The summed E-state index contributed by atoms with van der Waals surface area (Å²) < 4.78 is 6.22. The highest BCUT2D eigenvalue weighted by atomic mass is 16.5. The lowest BCUT2D eigenvalue weighted by atomic mass is 9.96. The van der Waals surface area contributed by atoms with E-state index in [0.717, 1.165) is 30.7 Å². The summed E-state index contributed by atoms with van der Waals surface area (Å²) in [6.07, 6.45) is 6.06. The number of aryl methyl sites for hydroxylation is 1. The Hall–Kier alpha value is -1.81. The van der Waals surface area contributed by atoms with Crippen LogP contribution in [0.2, 0.25) is 0 Å². The third kappa shape index (κ3) is 2.56. The molecule has 1 fully saturated rings. The van der Waals surface area contributed by atoms with E-state index in [0.29, 0.717) is 6.54 Å². The van der Waals surface area contributed by atoms with E-state index >= 15 is 0 Å². The van der Waals surface area contributed by atoms with E-state index in [1.54, 1.807) is 6.92 Å². The van der Waals surface area contributed by atoms with Gasteiger partial charge in [-0.3, -0.25) is 9.69 Å². The molecule has 0 aliphatic carbocycles. The first-order valence-corrected chi connectivity index (χ1v) is 7.51. The second-order valence-corrected chi connectivity index (χ2v) is 5.96. The summed E-state index contributed by atoms with van der Waals surface area (Å²) >= 11 is 0. The van der Waals surface area contributed by atoms with Crippen LogP contribution in [0, 0.1) is 0 Å². The highest BCUT2D eigenvalue weighted by molar-refractivity contribution is 5.73. The Bertz CT molecular complexity index is 596. The Morgan fingerprint density at radius 1 is 1.52 bits per heavy atom. The van der Waals surface area contributed by atoms with Crippen LogP contribution in [-0.2, 0) is 11.2 Å². The lowest BCUT2D eigenvalue weighted by molar-refractivity contribution is -0.142. The van der Waals surface area contributed by atoms with Crippen molar-refractivity contribution in [1.82, 2.24) is 4.90 Å².